The van der Waals surface area contributed by atoms with Crippen LogP contribution in [-0.4, -0.2) is 19.8 Å². The van der Waals surface area contributed by atoms with Gasteiger partial charge >= 0.3 is 0 Å². The highest BCUT2D eigenvalue weighted by Gasteiger charge is 2.15. The number of phenols is 1. The highest BCUT2D eigenvalue weighted by Crippen LogP contribution is 2.19. The van der Waals surface area contributed by atoms with Crippen LogP contribution in [0.4, 0.5) is 0 Å². The molecule has 0 aliphatic carbocycles. The van der Waals surface area contributed by atoms with Gasteiger partial charge in [-0.25, -0.2) is 0 Å². The molecule has 0 aliphatic rings. The zero-order valence-electron chi connectivity index (χ0n) is 11.8. The van der Waals surface area contributed by atoms with Gasteiger partial charge in [0, 0.05) is 5.88 Å². The van der Waals surface area contributed by atoms with Gasteiger partial charge in [0.15, 0.2) is 0 Å². The van der Waals surface area contributed by atoms with Crippen LogP contribution in [0.1, 0.15) is 37.3 Å². The molecule has 0 radical (unpaired) electrons. The van der Waals surface area contributed by atoms with Crippen molar-refractivity contribution in [1.29, 1.82) is 0 Å². The lowest BCUT2D eigenvalue weighted by Crippen LogP contribution is -2.28. The number of phenolic OH excluding ortho intramolecular Hbond substituents is 1. The Labute approximate surface area is 118 Å². The van der Waals surface area contributed by atoms with E-state index in [0.717, 1.165) is 19.3 Å². The van der Waals surface area contributed by atoms with Crippen LogP contribution in [0.15, 0.2) is 12.1 Å². The summed E-state index contributed by atoms with van der Waals surface area (Å²) in [5.74, 6) is 1.22. The number of alkyl halides is 1. The number of hydrogen-bond acceptors (Lipinski definition) is 1. The average molecular weight is 285 g/mol. The molecule has 0 spiro atoms. The van der Waals surface area contributed by atoms with Crippen molar-refractivity contribution in [3.8, 4) is 5.75 Å². The van der Waals surface area contributed by atoms with Gasteiger partial charge in [-0.2, -0.15) is 0 Å². The van der Waals surface area contributed by atoms with E-state index >= 15 is 0 Å². The van der Waals surface area contributed by atoms with E-state index in [1.54, 1.807) is 0 Å². The van der Waals surface area contributed by atoms with E-state index in [1.165, 1.54) is 29.2 Å². The average Bonchev–Trinajstić information content (AvgIpc) is 2.34. The van der Waals surface area contributed by atoms with Crippen molar-refractivity contribution in [2.75, 3.05) is 5.88 Å². The van der Waals surface area contributed by atoms with Crippen LogP contribution in [0.5, 0.6) is 5.75 Å². The van der Waals surface area contributed by atoms with Gasteiger partial charge in [-0.1, -0.05) is 32.5 Å². The molecule has 0 unspecified atom stereocenters. The molecular weight excluding hydrogens is 260 g/mol. The van der Waals surface area contributed by atoms with Crippen LogP contribution >= 0.6 is 11.6 Å². The van der Waals surface area contributed by atoms with E-state index in [0.29, 0.717) is 11.6 Å². The molecule has 0 amide bonds. The maximum atomic E-state index is 10.1. The number of unbranched alkanes of at least 4 members (excludes halogenated alkanes) is 1. The molecule has 1 N–H and O–H groups in total. The Kier molecular flexibility index (Phi) is 6.80. The van der Waals surface area contributed by atoms with Crippen molar-refractivity contribution in [3.05, 3.63) is 23.3 Å². The van der Waals surface area contributed by atoms with Gasteiger partial charge in [-0.05, 0) is 48.1 Å². The Morgan fingerprint density at radius 1 is 1.17 bits per heavy atom. The minimum Gasteiger partial charge on any atom is -0.508 e. The molecule has 0 bridgehead atoms. The summed E-state index contributed by atoms with van der Waals surface area (Å²) < 4.78 is 0. The summed E-state index contributed by atoms with van der Waals surface area (Å²) in [6, 6.07) is 3.97. The molecule has 0 aliphatic heterocycles. The molecule has 1 nitrogen and oxygen atoms in total. The predicted molar refractivity (Wildman–Crippen MR) is 84.3 cm³/mol. The van der Waals surface area contributed by atoms with E-state index in [-0.39, 0.29) is 0 Å². The molecule has 0 saturated carbocycles. The second-order valence-corrected chi connectivity index (χ2v) is 8.45. The quantitative estimate of drug-likeness (QED) is 0.599. The van der Waals surface area contributed by atoms with Crippen LogP contribution < -0.4 is 5.19 Å². The normalized spacial score (nSPS) is 11.2. The Bertz CT molecular complexity index is 377. The summed E-state index contributed by atoms with van der Waals surface area (Å²) in [6.45, 7) is 6.79. The fraction of sp³-hybridized carbons (Fsp3) is 0.600. The third kappa shape index (κ3) is 4.03. The fourth-order valence-corrected chi connectivity index (χ4v) is 4.33. The smallest absolute Gasteiger partial charge is 0.114 e. The Morgan fingerprint density at radius 3 is 2.44 bits per heavy atom. The number of rotatable bonds is 7. The molecule has 1 aromatic carbocycles. The Hall–Kier alpha value is -0.473. The minimum atomic E-state index is -0.995. The Balaban J connectivity index is 3.11. The monoisotopic (exact) mass is 284 g/mol. The molecule has 102 valence electrons. The first kappa shape index (κ1) is 15.6. The van der Waals surface area contributed by atoms with Crippen molar-refractivity contribution in [2.45, 2.75) is 52.1 Å². The van der Waals surface area contributed by atoms with Crippen molar-refractivity contribution >= 4 is 25.6 Å². The van der Waals surface area contributed by atoms with Gasteiger partial charge in [0.2, 0.25) is 0 Å². The van der Waals surface area contributed by atoms with E-state index < -0.39 is 8.80 Å². The lowest BCUT2D eigenvalue weighted by atomic mass is 9.98. The van der Waals surface area contributed by atoms with E-state index in [4.69, 9.17) is 11.6 Å². The van der Waals surface area contributed by atoms with E-state index in [1.807, 2.05) is 6.07 Å². The van der Waals surface area contributed by atoms with Gasteiger partial charge in [-0.15, -0.1) is 11.6 Å². The summed E-state index contributed by atoms with van der Waals surface area (Å²) in [7, 11) is -0.995. The van der Waals surface area contributed by atoms with Crippen LogP contribution in [0, 0.1) is 0 Å². The van der Waals surface area contributed by atoms with Crippen molar-refractivity contribution < 1.29 is 5.11 Å². The first-order valence-electron chi connectivity index (χ1n) is 7.01. The van der Waals surface area contributed by atoms with Crippen LogP contribution in [0.25, 0.3) is 0 Å². The third-order valence-corrected chi connectivity index (χ3v) is 5.43. The SMILES string of the molecule is CCCCc1c(CCCCl)ccc(O)c1[SiH](C)C. The molecule has 0 aromatic heterocycles. The van der Waals surface area contributed by atoms with Crippen molar-refractivity contribution in [1.82, 2.24) is 0 Å². The summed E-state index contributed by atoms with van der Waals surface area (Å²) in [5, 5.41) is 11.4. The molecule has 0 fully saturated rings. The lowest BCUT2D eigenvalue weighted by molar-refractivity contribution is 0.478. The molecule has 3 heteroatoms. The zero-order valence-corrected chi connectivity index (χ0v) is 13.7. The van der Waals surface area contributed by atoms with Crippen molar-refractivity contribution in [2.24, 2.45) is 0 Å². The molecule has 0 heterocycles. The molecule has 1 aromatic rings. The van der Waals surface area contributed by atoms with Gasteiger partial charge in [0.1, 0.15) is 5.75 Å². The molecule has 0 saturated heterocycles. The van der Waals surface area contributed by atoms with E-state index in [2.05, 4.69) is 26.1 Å². The second kappa shape index (κ2) is 7.85. The van der Waals surface area contributed by atoms with Gasteiger partial charge < -0.3 is 5.11 Å². The van der Waals surface area contributed by atoms with Crippen LogP contribution in [-0.2, 0) is 12.8 Å². The predicted octanol–water partition coefficient (Wildman–Crippen LogP) is 3.60. The van der Waals surface area contributed by atoms with Gasteiger partial charge in [0.05, 0.1) is 8.80 Å². The maximum absolute atomic E-state index is 10.1. The number of hydrogen-bond donors (Lipinski definition) is 1. The summed E-state index contributed by atoms with van der Waals surface area (Å²) in [5.41, 5.74) is 2.82. The maximum Gasteiger partial charge on any atom is 0.114 e. The Morgan fingerprint density at radius 2 is 1.89 bits per heavy atom. The highest BCUT2D eigenvalue weighted by molar-refractivity contribution is 6.72. The van der Waals surface area contributed by atoms with Gasteiger partial charge in [0.25, 0.3) is 0 Å². The topological polar surface area (TPSA) is 20.2 Å². The molecule has 18 heavy (non-hydrogen) atoms. The molecule has 1 rings (SSSR count). The number of aryl methyl sites for hydroxylation is 1. The third-order valence-electron chi connectivity index (χ3n) is 3.37. The number of benzene rings is 1. The van der Waals surface area contributed by atoms with Crippen LogP contribution in [0.3, 0.4) is 0 Å². The van der Waals surface area contributed by atoms with Crippen molar-refractivity contribution in [3.63, 3.8) is 0 Å². The molecular formula is C15H25ClOSi. The number of halogens is 1. The minimum absolute atomic E-state index is 0.511. The lowest BCUT2D eigenvalue weighted by Gasteiger charge is -2.18. The standard InChI is InChI=1S/C15H25ClOSi/c1-4-5-8-13-12(7-6-11-16)9-10-14(17)15(13)18(2)3/h9-10,17-18H,4-8,11H2,1-3H3. The largest absolute Gasteiger partial charge is 0.508 e. The second-order valence-electron chi connectivity index (χ2n) is 5.19. The number of aromatic hydroxyl groups is 1. The fourth-order valence-electron chi connectivity index (χ4n) is 2.48. The summed E-state index contributed by atoms with van der Waals surface area (Å²) >= 11 is 5.80. The van der Waals surface area contributed by atoms with Gasteiger partial charge in [-0.3, -0.25) is 0 Å². The first-order valence-corrected chi connectivity index (χ1v) is 10.4. The molecule has 0 atom stereocenters. The summed E-state index contributed by atoms with van der Waals surface area (Å²) in [6.07, 6.45) is 5.56. The zero-order chi connectivity index (χ0) is 13.5. The van der Waals surface area contributed by atoms with E-state index in [9.17, 15) is 5.11 Å². The first-order chi connectivity index (χ1) is 8.61. The highest BCUT2D eigenvalue weighted by atomic mass is 35.5. The van der Waals surface area contributed by atoms with Crippen LogP contribution in [0.2, 0.25) is 13.1 Å². The summed E-state index contributed by atoms with van der Waals surface area (Å²) in [4.78, 5) is 0.